The van der Waals surface area contributed by atoms with Crippen molar-refractivity contribution in [1.82, 2.24) is 30.1 Å². The topological polar surface area (TPSA) is 207 Å². The van der Waals surface area contributed by atoms with Gasteiger partial charge in [0.2, 0.25) is 11.8 Å². The highest BCUT2D eigenvalue weighted by molar-refractivity contribution is 8.76. The number of rotatable bonds is 17. The number of benzene rings is 1. The van der Waals surface area contributed by atoms with Crippen molar-refractivity contribution in [1.29, 1.82) is 0 Å². The summed E-state index contributed by atoms with van der Waals surface area (Å²) in [5.74, 6) is -0.806. The zero-order valence-electron chi connectivity index (χ0n) is 41.3. The molecule has 0 aliphatic carbocycles. The van der Waals surface area contributed by atoms with E-state index in [0.717, 1.165) is 29.7 Å². The fourth-order valence-corrected chi connectivity index (χ4v) is 11.5. The van der Waals surface area contributed by atoms with Gasteiger partial charge in [-0.05, 0) is 70.2 Å². The molecule has 0 radical (unpaired) electrons. The van der Waals surface area contributed by atoms with Crippen molar-refractivity contribution in [3.8, 4) is 5.75 Å². The molecule has 6 rings (SSSR count). The Morgan fingerprint density at radius 1 is 1.17 bits per heavy atom. The highest BCUT2D eigenvalue weighted by Gasteiger charge is 2.64. The average molecular weight is 1030 g/mol. The number of esters is 1. The summed E-state index contributed by atoms with van der Waals surface area (Å²) in [7, 11) is 9.51. The number of carbonyl (C=O) groups is 5. The third-order valence-corrected chi connectivity index (χ3v) is 16.8. The number of nitrogens with one attached hydrogen (secondary N) is 1. The van der Waals surface area contributed by atoms with Gasteiger partial charge in [0.25, 0.3) is 5.91 Å². The van der Waals surface area contributed by atoms with Crippen LogP contribution in [0.2, 0.25) is 5.02 Å². The fourth-order valence-electron chi connectivity index (χ4n) is 8.72. The third kappa shape index (κ3) is 13.2. The number of aliphatic hydroxyl groups is 1. The van der Waals surface area contributed by atoms with E-state index < -0.39 is 65.7 Å². The second-order valence-corrected chi connectivity index (χ2v) is 21.9. The van der Waals surface area contributed by atoms with Crippen molar-refractivity contribution >= 4 is 68.7 Å². The summed E-state index contributed by atoms with van der Waals surface area (Å²) in [6.07, 6.45) is 8.46. The van der Waals surface area contributed by atoms with Gasteiger partial charge >= 0.3 is 12.1 Å². The lowest BCUT2D eigenvalue weighted by atomic mass is 9.83. The van der Waals surface area contributed by atoms with Crippen molar-refractivity contribution in [3.63, 3.8) is 0 Å². The number of anilines is 1. The fraction of sp³-hybridized carbons (Fsp3) is 0.571. The number of hydrogen-bond acceptors (Lipinski definition) is 15. The van der Waals surface area contributed by atoms with Crippen LogP contribution in [-0.4, -0.2) is 141 Å². The molecule has 2 saturated heterocycles. The summed E-state index contributed by atoms with van der Waals surface area (Å²) in [6, 6.07) is 2.58. The number of nitrogens with zero attached hydrogens (tertiary/aromatic N) is 6. The van der Waals surface area contributed by atoms with E-state index in [-0.39, 0.29) is 41.3 Å². The maximum Gasteiger partial charge on any atom is 0.409 e. The number of allylic oxidation sites excluding steroid dienone is 4. The number of likely N-dealkylation sites (N-methyl/N-ethyl adjacent to an activating group) is 1. The van der Waals surface area contributed by atoms with Crippen LogP contribution in [0.4, 0.5) is 10.5 Å². The van der Waals surface area contributed by atoms with Gasteiger partial charge in [-0.2, -0.15) is 0 Å². The largest absolute Gasteiger partial charge is 0.495 e. The minimum atomic E-state index is -1.85. The van der Waals surface area contributed by atoms with Gasteiger partial charge in [0.15, 0.2) is 5.72 Å². The minimum absolute atomic E-state index is 0.0649. The van der Waals surface area contributed by atoms with Crippen LogP contribution in [0.3, 0.4) is 0 Å². The normalized spacial score (nSPS) is 28.0. The number of epoxide rings is 1. The predicted octanol–water partition coefficient (Wildman–Crippen LogP) is 6.55. The van der Waals surface area contributed by atoms with Crippen LogP contribution < -0.4 is 15.0 Å². The maximum absolute atomic E-state index is 14.3. The average Bonchev–Trinajstić information content (AvgIpc) is 3.64. The summed E-state index contributed by atoms with van der Waals surface area (Å²) in [5, 5.41) is 23.1. The number of amides is 4. The van der Waals surface area contributed by atoms with E-state index in [4.69, 9.17) is 35.3 Å². The van der Waals surface area contributed by atoms with Gasteiger partial charge in [0.05, 0.1) is 38.1 Å². The Kier molecular flexibility index (Phi) is 18.3. The molecule has 2 aromatic rings. The lowest BCUT2D eigenvalue weighted by Gasteiger charge is -2.42. The molecule has 4 aliphatic heterocycles. The second-order valence-electron chi connectivity index (χ2n) is 18.6. The maximum atomic E-state index is 14.3. The molecule has 70 heavy (non-hydrogen) atoms. The quantitative estimate of drug-likeness (QED) is 0.0746. The highest BCUT2D eigenvalue weighted by Crippen LogP contribution is 2.49. The molecule has 21 heteroatoms. The van der Waals surface area contributed by atoms with E-state index in [2.05, 4.69) is 29.1 Å². The Hall–Kier alpha value is -4.86. The van der Waals surface area contributed by atoms with Crippen LogP contribution in [-0.2, 0) is 57.6 Å². The zero-order chi connectivity index (χ0) is 51.1. The van der Waals surface area contributed by atoms with E-state index in [1.54, 1.807) is 96.4 Å². The first-order valence-electron chi connectivity index (χ1n) is 23.4. The number of methoxy groups -OCH3 is 2. The Balaban J connectivity index is 1.07. The lowest BCUT2D eigenvalue weighted by Crippen LogP contribution is -2.63. The molecule has 382 valence electrons. The van der Waals surface area contributed by atoms with Crippen LogP contribution in [0, 0.1) is 5.92 Å². The van der Waals surface area contributed by atoms with Gasteiger partial charge in [-0.15, -0.1) is 5.10 Å². The molecule has 4 aliphatic rings. The number of aromatic nitrogens is 3. The number of aryl methyl sites for hydroxylation is 1. The van der Waals surface area contributed by atoms with E-state index in [9.17, 15) is 29.1 Å². The van der Waals surface area contributed by atoms with Gasteiger partial charge in [-0.25, -0.2) is 9.59 Å². The molecule has 4 amide bonds. The summed E-state index contributed by atoms with van der Waals surface area (Å²) >= 11 is 6.82. The Morgan fingerprint density at radius 2 is 1.93 bits per heavy atom. The van der Waals surface area contributed by atoms with Gasteiger partial charge < -0.3 is 43.5 Å². The molecular weight excluding hydrogens is 962 g/mol. The van der Waals surface area contributed by atoms with Gasteiger partial charge in [0, 0.05) is 69.3 Å². The third-order valence-electron chi connectivity index (χ3n) is 13.3. The molecule has 9 atom stereocenters. The monoisotopic (exact) mass is 1030 g/mol. The lowest BCUT2D eigenvalue weighted by molar-refractivity contribution is -0.162. The van der Waals surface area contributed by atoms with Gasteiger partial charge in [-0.1, -0.05) is 82.6 Å². The number of carbonyl (C=O) groups excluding carboxylic acids is 5. The van der Waals surface area contributed by atoms with Crippen LogP contribution in [0.25, 0.3) is 0 Å². The molecule has 18 nitrogen and oxygen atoms in total. The van der Waals surface area contributed by atoms with Gasteiger partial charge in [0.1, 0.15) is 46.4 Å². The Labute approximate surface area is 422 Å². The number of alkyl carbamates (subject to hydrolysis) is 1. The van der Waals surface area contributed by atoms with Crippen molar-refractivity contribution in [2.24, 2.45) is 5.92 Å². The molecule has 2 N–H and O–H groups in total. The van der Waals surface area contributed by atoms with Crippen molar-refractivity contribution < 1.29 is 52.8 Å². The van der Waals surface area contributed by atoms with Gasteiger partial charge in [-0.3, -0.25) is 24.4 Å². The summed E-state index contributed by atoms with van der Waals surface area (Å²) < 4.78 is 31.3. The molecule has 4 bridgehead atoms. The number of hydrogen-bond donors (Lipinski definition) is 2. The number of ether oxygens (including phenoxy) is 5. The zero-order valence-corrected chi connectivity index (χ0v) is 43.7. The summed E-state index contributed by atoms with van der Waals surface area (Å²) in [4.78, 5) is 71.3. The first kappa shape index (κ1) is 54.5. The number of fused-ring (bicyclic) bond motifs is 5. The smallest absolute Gasteiger partial charge is 0.409 e. The molecular formula is C49H66ClN7O11S2. The molecule has 2 fully saturated rings. The van der Waals surface area contributed by atoms with Crippen LogP contribution in [0.15, 0.2) is 66.6 Å². The van der Waals surface area contributed by atoms with E-state index in [1.807, 2.05) is 19.2 Å². The first-order valence-corrected chi connectivity index (χ1v) is 26.1. The Morgan fingerprint density at radius 3 is 2.63 bits per heavy atom. The van der Waals surface area contributed by atoms with E-state index in [1.165, 1.54) is 30.1 Å². The molecule has 1 unspecified atom stereocenters. The predicted molar refractivity (Wildman–Crippen MR) is 268 cm³/mol. The molecule has 1 aromatic carbocycles. The molecule has 0 saturated carbocycles. The van der Waals surface area contributed by atoms with Crippen molar-refractivity contribution in [2.45, 2.75) is 140 Å². The van der Waals surface area contributed by atoms with E-state index >= 15 is 0 Å². The second kappa shape index (κ2) is 23.6. The number of halogens is 1. The van der Waals surface area contributed by atoms with Crippen LogP contribution in [0.5, 0.6) is 5.75 Å². The molecule has 1 aromatic heterocycles. The molecule has 0 spiro atoms. The Bertz CT molecular complexity index is 2360. The van der Waals surface area contributed by atoms with E-state index in [0.29, 0.717) is 48.8 Å². The minimum Gasteiger partial charge on any atom is -0.495 e. The SMILES string of the molecule is C=C1C=CC(=O)N1Cc1cn(CCCCSSC(C)CCC(=O)N(C)[C@@H](C)C(=O)O[C@H]2CC(=O)N(C)c3cc(cc(OC)c3Cl)C/C(C)=C/C=C/[C@@H](OC)[C@@]3(O)C[C@H](OC(=O)N3)[C@@H](C)[C@@H]3O[C@@]23C)nn1. The van der Waals surface area contributed by atoms with Crippen LogP contribution >= 0.6 is 33.2 Å². The number of unbranched alkanes of at least 4 members (excludes halogenated alkanes) is 1. The van der Waals surface area contributed by atoms with Crippen LogP contribution in [0.1, 0.15) is 84.4 Å². The molecule has 5 heterocycles. The summed E-state index contributed by atoms with van der Waals surface area (Å²) in [6.45, 7) is 14.0. The van der Waals surface area contributed by atoms with Crippen molar-refractivity contribution in [3.05, 3.63) is 82.8 Å². The highest BCUT2D eigenvalue weighted by atomic mass is 35.5. The standard InChI is InChI=1S/C49H66ClN7O11S2/c1-29-14-13-15-39(65-10)49(63)26-38(66-47(62)51-49)32(4)45-48(6,68-45)40(25-43(60)55(8)36-23-34(22-29)24-37(64-9)44(36)50)67-46(61)33(5)54(7)41(58)19-17-31(3)70-69-21-12-11-20-56-27-35(52-53-56)28-57-30(2)16-18-42(57)59/h13-16,18,23-24,27,31-33,38-40,45,63H,2,11-12,17,19-22,25-26,28H2,1,3-10H3,(H,51,62)/b15-13+,29-14+/t31?,32-,33+,38+,39-,40+,45+,48+,49+/m1/s1. The van der Waals surface area contributed by atoms with Crippen molar-refractivity contribution in [2.75, 3.05) is 39.0 Å². The first-order chi connectivity index (χ1) is 33.2. The summed E-state index contributed by atoms with van der Waals surface area (Å²) in [5.41, 5.74) is 0.342.